The summed E-state index contributed by atoms with van der Waals surface area (Å²) in [5.41, 5.74) is 3.58. The molecule has 0 radical (unpaired) electrons. The maximum Gasteiger partial charge on any atom is 0.326 e. The number of amides is 1. The highest BCUT2D eigenvalue weighted by molar-refractivity contribution is 6.33. The summed E-state index contributed by atoms with van der Waals surface area (Å²) in [4.78, 5) is 38.1. The van der Waals surface area contributed by atoms with E-state index in [1.807, 2.05) is 7.05 Å². The second kappa shape index (κ2) is 14.2. The number of aliphatic carboxylic acids is 1. The van der Waals surface area contributed by atoms with E-state index in [0.29, 0.717) is 5.92 Å². The van der Waals surface area contributed by atoms with Crippen LogP contribution in [-0.4, -0.2) is 88.7 Å². The van der Waals surface area contributed by atoms with Crippen molar-refractivity contribution in [3.05, 3.63) is 57.4 Å². The Morgan fingerprint density at radius 2 is 1.95 bits per heavy atom. The first kappa shape index (κ1) is 30.8. The molecule has 11 heteroatoms. The zero-order chi connectivity index (χ0) is 29.6. The number of rotatable bonds is 12. The standard InChI is InChI=1S/C31H41ClFN5O4/c1-37-11-13-38(14-12-37)19-27-29(33)28(24(32)18-34-27)30(39)36-26(31(40)41)10-15-42-23-16-20(17-23)6-8-22-9-7-21-4-2-3-5-25(21)35-22/h7,9,18,20,23,26H,2-6,8,10-17,19H2,1H3,(H,36,39)(H,40,41)/t20?,23?,26-/m0/s1. The molecule has 2 aromatic heterocycles. The van der Waals surface area contributed by atoms with Crippen LogP contribution in [0.1, 0.15) is 71.5 Å². The van der Waals surface area contributed by atoms with Crippen LogP contribution < -0.4 is 5.32 Å². The molecule has 3 aliphatic rings. The summed E-state index contributed by atoms with van der Waals surface area (Å²) in [6, 6.07) is 3.18. The first-order valence-electron chi connectivity index (χ1n) is 15.1. The van der Waals surface area contributed by atoms with Gasteiger partial charge in [0.1, 0.15) is 6.04 Å². The molecule has 2 N–H and O–H groups in total. The van der Waals surface area contributed by atoms with Crippen LogP contribution in [0.2, 0.25) is 5.02 Å². The van der Waals surface area contributed by atoms with Gasteiger partial charge in [-0.1, -0.05) is 17.7 Å². The molecule has 2 fully saturated rings. The smallest absolute Gasteiger partial charge is 0.326 e. The lowest BCUT2D eigenvalue weighted by molar-refractivity contribution is -0.140. The molecule has 5 rings (SSSR count). The van der Waals surface area contributed by atoms with Crippen molar-refractivity contribution < 1.29 is 23.8 Å². The molecule has 1 amide bonds. The number of halogens is 2. The van der Waals surface area contributed by atoms with E-state index < -0.39 is 23.7 Å². The van der Waals surface area contributed by atoms with Gasteiger partial charge < -0.3 is 20.1 Å². The van der Waals surface area contributed by atoms with Crippen LogP contribution in [0.5, 0.6) is 0 Å². The first-order chi connectivity index (χ1) is 20.3. The molecule has 1 saturated heterocycles. The molecule has 9 nitrogen and oxygen atoms in total. The van der Waals surface area contributed by atoms with E-state index in [1.165, 1.54) is 30.3 Å². The Balaban J connectivity index is 1.06. The van der Waals surface area contributed by atoms with Gasteiger partial charge in [-0.15, -0.1) is 0 Å². The molecule has 1 saturated carbocycles. The fraction of sp³-hybridized carbons (Fsp3) is 0.613. The van der Waals surface area contributed by atoms with Gasteiger partial charge in [0.2, 0.25) is 0 Å². The lowest BCUT2D eigenvalue weighted by Crippen LogP contribution is -2.44. The van der Waals surface area contributed by atoms with Crippen LogP contribution in [0.15, 0.2) is 18.3 Å². The van der Waals surface area contributed by atoms with Crippen LogP contribution in [0.3, 0.4) is 0 Å². The van der Waals surface area contributed by atoms with E-state index in [-0.39, 0.29) is 42.0 Å². The van der Waals surface area contributed by atoms with Crippen molar-refractivity contribution >= 4 is 23.5 Å². The molecular formula is C31H41ClFN5O4. The molecular weight excluding hydrogens is 561 g/mol. The number of nitrogens with one attached hydrogen (secondary N) is 1. The molecule has 0 unspecified atom stereocenters. The number of carbonyl (C=O) groups is 2. The number of fused-ring (bicyclic) bond motifs is 1. The van der Waals surface area contributed by atoms with Crippen LogP contribution in [-0.2, 0) is 35.3 Å². The molecule has 42 heavy (non-hydrogen) atoms. The highest BCUT2D eigenvalue weighted by Crippen LogP contribution is 2.34. The largest absolute Gasteiger partial charge is 0.480 e. The number of carboxylic acids is 1. The third-order valence-electron chi connectivity index (χ3n) is 8.84. The Morgan fingerprint density at radius 1 is 1.19 bits per heavy atom. The van der Waals surface area contributed by atoms with Crippen molar-refractivity contribution in [2.24, 2.45) is 5.92 Å². The maximum absolute atomic E-state index is 15.3. The highest BCUT2D eigenvalue weighted by Gasteiger charge is 2.31. The Kier molecular flexibility index (Phi) is 10.4. The third kappa shape index (κ3) is 7.83. The van der Waals surface area contributed by atoms with Crippen molar-refractivity contribution in [1.82, 2.24) is 25.1 Å². The summed E-state index contributed by atoms with van der Waals surface area (Å²) < 4.78 is 21.3. The molecule has 1 aliphatic heterocycles. The zero-order valence-corrected chi connectivity index (χ0v) is 25.0. The summed E-state index contributed by atoms with van der Waals surface area (Å²) in [5, 5.41) is 12.0. The maximum atomic E-state index is 15.3. The summed E-state index contributed by atoms with van der Waals surface area (Å²) in [6.07, 6.45) is 10.0. The molecule has 1 atom stereocenters. The predicted molar refractivity (Wildman–Crippen MR) is 157 cm³/mol. The van der Waals surface area contributed by atoms with E-state index >= 15 is 4.39 Å². The highest BCUT2D eigenvalue weighted by atomic mass is 35.5. The molecule has 0 spiro atoms. The van der Waals surface area contributed by atoms with Gasteiger partial charge in [0.05, 0.1) is 22.4 Å². The van der Waals surface area contributed by atoms with E-state index in [0.717, 1.165) is 70.4 Å². The van der Waals surface area contributed by atoms with E-state index in [1.54, 1.807) is 0 Å². The van der Waals surface area contributed by atoms with Gasteiger partial charge >= 0.3 is 5.97 Å². The number of hydrogen-bond acceptors (Lipinski definition) is 7. The van der Waals surface area contributed by atoms with Crippen molar-refractivity contribution in [2.75, 3.05) is 39.8 Å². The number of pyridine rings is 2. The van der Waals surface area contributed by atoms with Crippen molar-refractivity contribution in [1.29, 1.82) is 0 Å². The average Bonchev–Trinajstić information content (AvgIpc) is 2.95. The summed E-state index contributed by atoms with van der Waals surface area (Å²) in [6.45, 7) is 3.67. The lowest BCUT2D eigenvalue weighted by Gasteiger charge is -2.35. The Labute approximate surface area is 251 Å². The minimum absolute atomic E-state index is 0.0692. The molecule has 3 heterocycles. The van der Waals surface area contributed by atoms with Gasteiger partial charge in [0.15, 0.2) is 5.82 Å². The number of hydrogen-bond donors (Lipinski definition) is 2. The van der Waals surface area contributed by atoms with Crippen LogP contribution in [0.4, 0.5) is 4.39 Å². The number of aryl methyl sites for hydroxylation is 3. The van der Waals surface area contributed by atoms with Crippen molar-refractivity contribution in [3.63, 3.8) is 0 Å². The van der Waals surface area contributed by atoms with E-state index in [9.17, 15) is 14.7 Å². The number of piperazine rings is 1. The fourth-order valence-corrected chi connectivity index (χ4v) is 6.26. The number of carboxylic acid groups (broad SMARTS) is 1. The molecule has 2 aromatic rings. The summed E-state index contributed by atoms with van der Waals surface area (Å²) >= 11 is 6.14. The number of carbonyl (C=O) groups excluding carboxylic acids is 1. The first-order valence-corrected chi connectivity index (χ1v) is 15.5. The van der Waals surface area contributed by atoms with Crippen LogP contribution >= 0.6 is 11.6 Å². The topological polar surface area (TPSA) is 108 Å². The number of ether oxygens (including phenoxy) is 1. The van der Waals surface area contributed by atoms with Crippen LogP contribution in [0, 0.1) is 11.7 Å². The van der Waals surface area contributed by atoms with Gasteiger partial charge in [0, 0.05) is 63.3 Å². The number of likely N-dealkylation sites (N-methyl/N-ethyl adjacent to an activating group) is 1. The predicted octanol–water partition coefficient (Wildman–Crippen LogP) is 3.90. The molecule has 0 bridgehead atoms. The second-order valence-corrected chi connectivity index (χ2v) is 12.4. The van der Waals surface area contributed by atoms with Gasteiger partial charge in [-0.05, 0) is 76.0 Å². The normalized spacial score (nSPS) is 21.8. The fourth-order valence-electron chi connectivity index (χ4n) is 6.05. The Hall–Kier alpha value is -2.66. The van der Waals surface area contributed by atoms with Gasteiger partial charge in [-0.3, -0.25) is 19.7 Å². The van der Waals surface area contributed by atoms with Gasteiger partial charge in [0.25, 0.3) is 5.91 Å². The lowest BCUT2D eigenvalue weighted by atomic mass is 9.79. The minimum atomic E-state index is -1.23. The quantitative estimate of drug-likeness (QED) is 0.377. The number of aromatic nitrogens is 2. The molecule has 2 aliphatic carbocycles. The van der Waals surface area contributed by atoms with Crippen molar-refractivity contribution in [2.45, 2.75) is 76.5 Å². The SMILES string of the molecule is CN1CCN(Cc2ncc(Cl)c(C(=O)N[C@@H](CCOC3CC(CCc4ccc5c(n4)CCCC5)C3)C(=O)O)c2F)CC1. The Bertz CT molecular complexity index is 1270. The van der Waals surface area contributed by atoms with Crippen LogP contribution in [0.25, 0.3) is 0 Å². The van der Waals surface area contributed by atoms with Gasteiger partial charge in [-0.25, -0.2) is 9.18 Å². The average molecular weight is 602 g/mol. The zero-order valence-electron chi connectivity index (χ0n) is 24.3. The molecule has 228 valence electrons. The van der Waals surface area contributed by atoms with E-state index in [2.05, 4.69) is 32.2 Å². The molecule has 0 aromatic carbocycles. The second-order valence-electron chi connectivity index (χ2n) is 12.0. The van der Waals surface area contributed by atoms with Crippen molar-refractivity contribution in [3.8, 4) is 0 Å². The third-order valence-corrected chi connectivity index (χ3v) is 9.13. The Morgan fingerprint density at radius 3 is 2.71 bits per heavy atom. The number of nitrogens with zero attached hydrogens (tertiary/aromatic N) is 4. The minimum Gasteiger partial charge on any atom is -0.480 e. The summed E-state index contributed by atoms with van der Waals surface area (Å²) in [5.74, 6) is -2.32. The monoisotopic (exact) mass is 601 g/mol. The summed E-state index contributed by atoms with van der Waals surface area (Å²) in [7, 11) is 2.03. The van der Waals surface area contributed by atoms with E-state index in [4.69, 9.17) is 21.3 Å². The van der Waals surface area contributed by atoms with Gasteiger partial charge in [-0.2, -0.15) is 0 Å².